The summed E-state index contributed by atoms with van der Waals surface area (Å²) in [6, 6.07) is 13.3. The van der Waals surface area contributed by atoms with E-state index in [-0.39, 0.29) is 5.56 Å². The van der Waals surface area contributed by atoms with E-state index < -0.39 is 6.04 Å². The van der Waals surface area contributed by atoms with Gasteiger partial charge >= 0.3 is 0 Å². The highest BCUT2D eigenvalue weighted by Crippen LogP contribution is 2.42. The maximum atomic E-state index is 12.8. The summed E-state index contributed by atoms with van der Waals surface area (Å²) < 4.78 is 12.5. The number of tetrazole rings is 1. The summed E-state index contributed by atoms with van der Waals surface area (Å²) in [5, 5.41) is 22.1. The number of hydrogen-bond donors (Lipinski definition) is 2. The standard InChI is InChI=1S/C22H21N7O3/c1-4-12-5-7-13(8-6-12)20-17-18(14-9-10-15(31-2)16(11-14)32-3)24-25-21(30)19(17)23-22-26-27-28-29(20)22/h5-11,20H,4H2,1-3H3,(H,25,30)(H,23,26,28). The first-order chi connectivity index (χ1) is 15.6. The molecule has 0 amide bonds. The first-order valence-corrected chi connectivity index (χ1v) is 10.1. The van der Waals surface area contributed by atoms with Gasteiger partial charge in [-0.3, -0.25) is 4.79 Å². The second-order valence-corrected chi connectivity index (χ2v) is 7.33. The molecule has 10 heteroatoms. The minimum Gasteiger partial charge on any atom is -0.493 e. The van der Waals surface area contributed by atoms with Gasteiger partial charge in [-0.15, -0.1) is 0 Å². The number of aromatic nitrogens is 6. The monoisotopic (exact) mass is 431 g/mol. The minimum absolute atomic E-state index is 0.353. The third-order valence-electron chi connectivity index (χ3n) is 5.63. The molecule has 32 heavy (non-hydrogen) atoms. The lowest BCUT2D eigenvalue weighted by Gasteiger charge is -2.28. The Kier molecular flexibility index (Phi) is 4.81. The molecule has 1 aliphatic rings. The van der Waals surface area contributed by atoms with Crippen molar-refractivity contribution in [2.24, 2.45) is 0 Å². The average molecular weight is 431 g/mol. The number of ether oxygens (including phenoxy) is 2. The highest BCUT2D eigenvalue weighted by Gasteiger charge is 2.34. The lowest BCUT2D eigenvalue weighted by molar-refractivity contribution is 0.355. The molecule has 5 rings (SSSR count). The van der Waals surface area contributed by atoms with Gasteiger partial charge in [0.05, 0.1) is 19.9 Å². The molecule has 4 aromatic rings. The van der Waals surface area contributed by atoms with E-state index in [0.29, 0.717) is 34.4 Å². The van der Waals surface area contributed by atoms with Gasteiger partial charge in [-0.1, -0.05) is 36.3 Å². The van der Waals surface area contributed by atoms with Crippen LogP contribution in [0.5, 0.6) is 11.5 Å². The van der Waals surface area contributed by atoms with Crippen LogP contribution in [0, 0.1) is 0 Å². The molecule has 3 heterocycles. The average Bonchev–Trinajstić information content (AvgIpc) is 3.31. The Morgan fingerprint density at radius 2 is 1.84 bits per heavy atom. The summed E-state index contributed by atoms with van der Waals surface area (Å²) in [5.74, 6) is 1.54. The Morgan fingerprint density at radius 3 is 2.56 bits per heavy atom. The van der Waals surface area contributed by atoms with Crippen molar-refractivity contribution in [3.63, 3.8) is 0 Å². The first-order valence-electron chi connectivity index (χ1n) is 10.1. The normalized spacial score (nSPS) is 14.3. The zero-order chi connectivity index (χ0) is 22.2. The second kappa shape index (κ2) is 7.80. The van der Waals surface area contributed by atoms with Gasteiger partial charge in [0, 0.05) is 11.1 Å². The molecule has 2 N–H and O–H groups in total. The smallest absolute Gasteiger partial charge is 0.288 e. The Bertz CT molecular complexity index is 1340. The van der Waals surface area contributed by atoms with Gasteiger partial charge in [-0.2, -0.15) is 9.78 Å². The van der Waals surface area contributed by atoms with Crippen LogP contribution in [0.3, 0.4) is 0 Å². The number of rotatable bonds is 5. The summed E-state index contributed by atoms with van der Waals surface area (Å²) in [6.45, 7) is 2.10. The van der Waals surface area contributed by atoms with Crippen LogP contribution >= 0.6 is 0 Å². The number of hydrogen-bond acceptors (Lipinski definition) is 8. The van der Waals surface area contributed by atoms with Crippen LogP contribution in [-0.2, 0) is 6.42 Å². The topological polar surface area (TPSA) is 120 Å². The molecule has 0 spiro atoms. The van der Waals surface area contributed by atoms with E-state index in [1.165, 1.54) is 5.56 Å². The van der Waals surface area contributed by atoms with E-state index in [0.717, 1.165) is 17.5 Å². The van der Waals surface area contributed by atoms with Crippen molar-refractivity contribution in [1.29, 1.82) is 0 Å². The van der Waals surface area contributed by atoms with Crippen molar-refractivity contribution in [3.8, 4) is 22.8 Å². The molecule has 2 aromatic carbocycles. The van der Waals surface area contributed by atoms with Crippen LogP contribution in [0.4, 0.5) is 11.6 Å². The largest absolute Gasteiger partial charge is 0.493 e. The number of fused-ring (bicyclic) bond motifs is 2. The fourth-order valence-electron chi connectivity index (χ4n) is 3.98. The summed E-state index contributed by atoms with van der Waals surface area (Å²) in [7, 11) is 3.15. The van der Waals surface area contributed by atoms with Crippen LogP contribution in [0.25, 0.3) is 11.3 Å². The Labute approximate surface area is 183 Å². The van der Waals surface area contributed by atoms with E-state index in [1.807, 2.05) is 24.3 Å². The van der Waals surface area contributed by atoms with Gasteiger partial charge in [0.25, 0.3) is 5.56 Å². The van der Waals surface area contributed by atoms with Crippen molar-refractivity contribution in [3.05, 3.63) is 69.5 Å². The van der Waals surface area contributed by atoms with Crippen LogP contribution in [0.2, 0.25) is 0 Å². The lowest BCUT2D eigenvalue weighted by Crippen LogP contribution is -2.29. The molecular formula is C22H21N7O3. The number of nitrogens with one attached hydrogen (secondary N) is 2. The van der Waals surface area contributed by atoms with Crippen LogP contribution in [0.15, 0.2) is 47.3 Å². The van der Waals surface area contributed by atoms with Gasteiger partial charge in [0.1, 0.15) is 11.7 Å². The van der Waals surface area contributed by atoms with Crippen LogP contribution in [0.1, 0.15) is 29.7 Å². The first kappa shape index (κ1) is 19.7. The second-order valence-electron chi connectivity index (χ2n) is 7.33. The number of anilines is 2. The van der Waals surface area contributed by atoms with Crippen LogP contribution < -0.4 is 20.3 Å². The summed E-state index contributed by atoms with van der Waals surface area (Å²) in [6.07, 6.45) is 0.928. The Morgan fingerprint density at radius 1 is 1.06 bits per heavy atom. The maximum absolute atomic E-state index is 12.8. The SMILES string of the molecule is CCc1ccc(C2c3c(-c4ccc(OC)c(OC)c4)n[nH]c(=O)c3Nc3nnnn32)cc1. The number of methoxy groups -OCH3 is 2. The molecule has 0 radical (unpaired) electrons. The number of aromatic amines is 1. The molecule has 1 atom stereocenters. The number of benzene rings is 2. The molecule has 1 unspecified atom stereocenters. The highest BCUT2D eigenvalue weighted by atomic mass is 16.5. The maximum Gasteiger partial charge on any atom is 0.288 e. The molecule has 0 saturated carbocycles. The Balaban J connectivity index is 1.76. The molecule has 0 bridgehead atoms. The van der Waals surface area contributed by atoms with Gasteiger partial charge in [-0.05, 0) is 46.2 Å². The molecule has 2 aromatic heterocycles. The third-order valence-corrected chi connectivity index (χ3v) is 5.63. The van der Waals surface area contributed by atoms with Crippen molar-refractivity contribution < 1.29 is 9.47 Å². The third kappa shape index (κ3) is 3.08. The zero-order valence-electron chi connectivity index (χ0n) is 17.8. The molecule has 0 saturated heterocycles. The predicted octanol–water partition coefficient (Wildman–Crippen LogP) is 2.70. The van der Waals surface area contributed by atoms with Gasteiger partial charge in [0.2, 0.25) is 5.95 Å². The molecule has 0 aliphatic carbocycles. The molecule has 1 aliphatic heterocycles. The summed E-state index contributed by atoms with van der Waals surface area (Å²) >= 11 is 0. The number of nitrogens with zero attached hydrogens (tertiary/aromatic N) is 5. The quantitative estimate of drug-likeness (QED) is 0.436. The zero-order valence-corrected chi connectivity index (χ0v) is 17.8. The molecule has 162 valence electrons. The van der Waals surface area contributed by atoms with Crippen molar-refractivity contribution >= 4 is 11.6 Å². The van der Waals surface area contributed by atoms with E-state index in [4.69, 9.17) is 9.47 Å². The van der Waals surface area contributed by atoms with Gasteiger partial charge < -0.3 is 14.8 Å². The molecule has 0 fully saturated rings. The fourth-order valence-corrected chi connectivity index (χ4v) is 3.98. The van der Waals surface area contributed by atoms with Crippen molar-refractivity contribution in [2.45, 2.75) is 19.4 Å². The minimum atomic E-state index is -0.444. The van der Waals surface area contributed by atoms with E-state index in [1.54, 1.807) is 25.0 Å². The number of aryl methyl sites for hydroxylation is 1. The summed E-state index contributed by atoms with van der Waals surface area (Å²) in [5.41, 5.74) is 4.16. The Hall–Kier alpha value is -4.21. The predicted molar refractivity (Wildman–Crippen MR) is 118 cm³/mol. The summed E-state index contributed by atoms with van der Waals surface area (Å²) in [4.78, 5) is 12.8. The van der Waals surface area contributed by atoms with Crippen molar-refractivity contribution in [2.75, 3.05) is 19.5 Å². The van der Waals surface area contributed by atoms with Crippen LogP contribution in [-0.4, -0.2) is 44.6 Å². The van der Waals surface area contributed by atoms with Gasteiger partial charge in [0.15, 0.2) is 11.5 Å². The van der Waals surface area contributed by atoms with Crippen molar-refractivity contribution in [1.82, 2.24) is 30.4 Å². The molecule has 10 nitrogen and oxygen atoms in total. The van der Waals surface area contributed by atoms with E-state index in [9.17, 15) is 4.79 Å². The fraction of sp³-hybridized carbons (Fsp3) is 0.227. The van der Waals surface area contributed by atoms with Gasteiger partial charge in [-0.25, -0.2) is 5.10 Å². The number of H-pyrrole nitrogens is 1. The highest BCUT2D eigenvalue weighted by molar-refractivity contribution is 5.76. The van der Waals surface area contributed by atoms with E-state index in [2.05, 4.69) is 50.1 Å². The molecular weight excluding hydrogens is 410 g/mol. The van der Waals surface area contributed by atoms with E-state index >= 15 is 0 Å². The lowest BCUT2D eigenvalue weighted by atomic mass is 9.92.